The Bertz CT molecular complexity index is 324. The Hall–Kier alpha value is -0.250. The zero-order chi connectivity index (χ0) is 11.3. The van der Waals surface area contributed by atoms with Gasteiger partial charge in [-0.15, -0.1) is 0 Å². The first kappa shape index (κ1) is 12.8. The summed E-state index contributed by atoms with van der Waals surface area (Å²) in [7, 11) is 0. The van der Waals surface area contributed by atoms with Gasteiger partial charge in [-0.05, 0) is 30.7 Å². The Morgan fingerprint density at radius 3 is 2.60 bits per heavy atom. The summed E-state index contributed by atoms with van der Waals surface area (Å²) >= 11 is 12.7. The van der Waals surface area contributed by atoms with Crippen LogP contribution >= 0.6 is 35.6 Å². The van der Waals surface area contributed by atoms with Gasteiger partial charge in [0.25, 0.3) is 0 Å². The lowest BCUT2D eigenvalue weighted by atomic mass is 10.3. The van der Waals surface area contributed by atoms with Crippen molar-refractivity contribution < 1.29 is 0 Å². The van der Waals surface area contributed by atoms with Crippen LogP contribution in [0.4, 0.5) is 5.69 Å². The summed E-state index contributed by atoms with van der Waals surface area (Å²) in [6.07, 6.45) is 1.12. The number of hydrogen-bond acceptors (Lipinski definition) is 2. The van der Waals surface area contributed by atoms with E-state index in [-0.39, 0.29) is 0 Å². The maximum Gasteiger partial charge on any atom is 0.138 e. The van der Waals surface area contributed by atoms with Crippen molar-refractivity contribution in [3.63, 3.8) is 0 Å². The van der Waals surface area contributed by atoms with Crippen molar-refractivity contribution in [1.29, 1.82) is 0 Å². The third kappa shape index (κ3) is 4.87. The van der Waals surface area contributed by atoms with E-state index in [0.717, 1.165) is 21.5 Å². The van der Waals surface area contributed by atoms with Crippen LogP contribution in [0, 0.1) is 0 Å². The normalized spacial score (nSPS) is 12.2. The van der Waals surface area contributed by atoms with Gasteiger partial charge in [0, 0.05) is 16.0 Å². The van der Waals surface area contributed by atoms with Crippen LogP contribution in [0.5, 0.6) is 0 Å². The first-order chi connectivity index (χ1) is 7.11. The van der Waals surface area contributed by atoms with Crippen molar-refractivity contribution in [2.45, 2.75) is 25.5 Å². The summed E-state index contributed by atoms with van der Waals surface area (Å²) in [6, 6.07) is 7.54. The number of hydrogen-bond donors (Lipinski definition) is 1. The first-order valence-electron chi connectivity index (χ1n) is 4.85. The van der Waals surface area contributed by atoms with Gasteiger partial charge in [0.15, 0.2) is 0 Å². The highest BCUT2D eigenvalue weighted by atomic mass is 35.5. The molecule has 1 aromatic carbocycles. The molecule has 0 aliphatic rings. The van der Waals surface area contributed by atoms with Gasteiger partial charge in [-0.1, -0.05) is 49.4 Å². The minimum absolute atomic E-state index is 0.553. The molecule has 0 bridgehead atoms. The lowest BCUT2D eigenvalue weighted by molar-refractivity contribution is 0.911. The minimum atomic E-state index is 0.553. The molecule has 15 heavy (non-hydrogen) atoms. The molecule has 1 N–H and O–H groups in total. The molecule has 0 saturated carbocycles. The molecule has 1 nitrogen and oxygen atoms in total. The summed E-state index contributed by atoms with van der Waals surface area (Å²) in [5.41, 5.74) is 0.986. The van der Waals surface area contributed by atoms with E-state index < -0.39 is 0 Å². The SMILES string of the molecule is CC[C@@H](C)SC(=S)Nc1ccc(Cl)cc1. The van der Waals surface area contributed by atoms with Crippen molar-refractivity contribution in [2.75, 3.05) is 5.32 Å². The topological polar surface area (TPSA) is 12.0 Å². The van der Waals surface area contributed by atoms with Gasteiger partial charge in [-0.25, -0.2) is 0 Å². The largest absolute Gasteiger partial charge is 0.341 e. The predicted octanol–water partition coefficient (Wildman–Crippen LogP) is 4.57. The number of anilines is 1. The summed E-state index contributed by atoms with van der Waals surface area (Å²) in [5.74, 6) is 0. The van der Waals surface area contributed by atoms with Crippen molar-refractivity contribution in [3.8, 4) is 0 Å². The first-order valence-corrected chi connectivity index (χ1v) is 6.51. The fourth-order valence-electron chi connectivity index (χ4n) is 0.947. The molecule has 0 unspecified atom stereocenters. The number of halogens is 1. The van der Waals surface area contributed by atoms with Gasteiger partial charge in [0.1, 0.15) is 4.32 Å². The average molecular weight is 260 g/mol. The zero-order valence-corrected chi connectivity index (χ0v) is 11.2. The molecule has 0 amide bonds. The van der Waals surface area contributed by atoms with Crippen LogP contribution in [0.25, 0.3) is 0 Å². The van der Waals surface area contributed by atoms with Gasteiger partial charge in [-0.3, -0.25) is 0 Å². The van der Waals surface area contributed by atoms with Crippen LogP contribution in [0.3, 0.4) is 0 Å². The van der Waals surface area contributed by atoms with E-state index in [1.165, 1.54) is 0 Å². The summed E-state index contributed by atoms with van der Waals surface area (Å²) in [4.78, 5) is 0. The van der Waals surface area contributed by atoms with Crippen LogP contribution in [-0.2, 0) is 0 Å². The maximum atomic E-state index is 5.79. The summed E-state index contributed by atoms with van der Waals surface area (Å²) in [5, 5.41) is 4.46. The summed E-state index contributed by atoms with van der Waals surface area (Å²) < 4.78 is 0.812. The molecule has 0 saturated heterocycles. The third-order valence-electron chi connectivity index (χ3n) is 1.97. The number of thiocarbonyl (C=S) groups is 1. The van der Waals surface area contributed by atoms with Gasteiger partial charge >= 0.3 is 0 Å². The fourth-order valence-corrected chi connectivity index (χ4v) is 2.39. The predicted molar refractivity (Wildman–Crippen MR) is 75.0 cm³/mol. The molecule has 1 aromatic rings. The lowest BCUT2D eigenvalue weighted by Gasteiger charge is -2.11. The van der Waals surface area contributed by atoms with E-state index in [2.05, 4.69) is 19.2 Å². The van der Waals surface area contributed by atoms with Crippen LogP contribution in [0.2, 0.25) is 5.02 Å². The van der Waals surface area contributed by atoms with E-state index in [9.17, 15) is 0 Å². The Kier molecular flexibility index (Phi) is 5.43. The number of benzene rings is 1. The Morgan fingerprint density at radius 2 is 2.07 bits per heavy atom. The molecule has 0 aromatic heterocycles. The molecule has 0 spiro atoms. The minimum Gasteiger partial charge on any atom is -0.341 e. The molecular weight excluding hydrogens is 246 g/mol. The van der Waals surface area contributed by atoms with E-state index in [1.54, 1.807) is 11.8 Å². The van der Waals surface area contributed by atoms with E-state index in [1.807, 2.05) is 24.3 Å². The van der Waals surface area contributed by atoms with Gasteiger partial charge in [-0.2, -0.15) is 0 Å². The van der Waals surface area contributed by atoms with Crippen LogP contribution in [0.1, 0.15) is 20.3 Å². The maximum absolute atomic E-state index is 5.79. The van der Waals surface area contributed by atoms with Crippen molar-refractivity contribution >= 4 is 45.6 Å². The quantitative estimate of drug-likeness (QED) is 0.799. The highest BCUT2D eigenvalue weighted by Gasteiger charge is 2.04. The molecule has 1 rings (SSSR count). The zero-order valence-electron chi connectivity index (χ0n) is 8.79. The van der Waals surface area contributed by atoms with Crippen molar-refractivity contribution in [2.24, 2.45) is 0 Å². The second kappa shape index (κ2) is 6.36. The number of thioether (sulfide) groups is 1. The Morgan fingerprint density at radius 1 is 1.47 bits per heavy atom. The van der Waals surface area contributed by atoms with E-state index in [4.69, 9.17) is 23.8 Å². The van der Waals surface area contributed by atoms with Crippen molar-refractivity contribution in [1.82, 2.24) is 0 Å². The fraction of sp³-hybridized carbons (Fsp3) is 0.364. The molecule has 0 aliphatic heterocycles. The second-order valence-corrected chi connectivity index (χ2v) is 5.81. The van der Waals surface area contributed by atoms with Gasteiger partial charge < -0.3 is 5.32 Å². The lowest BCUT2D eigenvalue weighted by Crippen LogP contribution is -2.08. The Labute approximate surface area is 106 Å². The molecule has 1 atom stereocenters. The van der Waals surface area contributed by atoms with E-state index in [0.29, 0.717) is 5.25 Å². The smallest absolute Gasteiger partial charge is 0.138 e. The molecule has 82 valence electrons. The second-order valence-electron chi connectivity index (χ2n) is 3.26. The number of nitrogens with one attached hydrogen (secondary N) is 1. The Balaban J connectivity index is 2.48. The molecule has 0 radical (unpaired) electrons. The van der Waals surface area contributed by atoms with Gasteiger partial charge in [0.2, 0.25) is 0 Å². The number of rotatable bonds is 3. The monoisotopic (exact) mass is 259 g/mol. The molecule has 0 heterocycles. The summed E-state index contributed by atoms with van der Waals surface area (Å²) in [6.45, 7) is 4.32. The van der Waals surface area contributed by atoms with Gasteiger partial charge in [0.05, 0.1) is 0 Å². The third-order valence-corrected chi connectivity index (χ3v) is 3.67. The molecule has 0 aliphatic carbocycles. The van der Waals surface area contributed by atoms with Crippen LogP contribution in [-0.4, -0.2) is 9.57 Å². The van der Waals surface area contributed by atoms with Crippen LogP contribution in [0.15, 0.2) is 24.3 Å². The highest BCUT2D eigenvalue weighted by Crippen LogP contribution is 2.19. The standard InChI is InChI=1S/C11H14ClNS2/c1-3-8(2)15-11(14)13-10-6-4-9(12)5-7-10/h4-8H,3H2,1-2H3,(H,13,14)/t8-/m1/s1. The average Bonchev–Trinajstić information content (AvgIpc) is 2.21. The van der Waals surface area contributed by atoms with E-state index >= 15 is 0 Å². The molecule has 4 heteroatoms. The van der Waals surface area contributed by atoms with Crippen molar-refractivity contribution in [3.05, 3.63) is 29.3 Å². The van der Waals surface area contributed by atoms with Crippen LogP contribution < -0.4 is 5.32 Å². The molecule has 0 fully saturated rings. The molecular formula is C11H14ClNS2. The highest BCUT2D eigenvalue weighted by molar-refractivity contribution is 8.23.